The molecule has 1 aliphatic carbocycles. The number of nitrogens with zero attached hydrogens (tertiary/aromatic N) is 6. The molecular formula is C58H70F2N10O8S2. The van der Waals surface area contributed by atoms with Crippen molar-refractivity contribution in [2.24, 2.45) is 17.5 Å². The van der Waals surface area contributed by atoms with Gasteiger partial charge >= 0.3 is 0 Å². The quantitative estimate of drug-likeness (QED) is 0.0610. The lowest BCUT2D eigenvalue weighted by atomic mass is 9.85. The number of halogens is 2. The minimum Gasteiger partial charge on any atom is -0.391 e. The molecular weight excluding hydrogens is 1070 g/mol. The van der Waals surface area contributed by atoms with E-state index in [1.165, 1.54) is 20.6 Å². The first-order valence-corrected chi connectivity index (χ1v) is 30.3. The lowest BCUT2D eigenvalue weighted by Gasteiger charge is -2.35. The number of aromatic nitrogens is 3. The molecule has 426 valence electrons. The number of aliphatic hydroxyl groups excluding tert-OH is 1. The second-order valence-corrected chi connectivity index (χ2v) is 25.8. The Bertz CT molecular complexity index is 3420. The number of benzene rings is 1. The SMILES string of the molecule is Cc1ncsc1-c1ccc([C@]2(C)N=C([C@@H]3C[C@@H](O)CN3C(=O)[C@@H](NC(=O)CCCCCCCCCCNC(=O)C3=C(CS(C)(=O)=O)c4ccn(C)c(=O)c4C4=C5C3=CN(c3ncc(F)cc3F)C5CCN4)C(C)(C)C)NC2=O)cc1. The molecule has 80 heavy (non-hydrogen) atoms. The van der Waals surface area contributed by atoms with E-state index in [1.54, 1.807) is 43.1 Å². The van der Waals surface area contributed by atoms with Crippen LogP contribution in [0.15, 0.2) is 87.0 Å². The van der Waals surface area contributed by atoms with Crippen LogP contribution in [0.5, 0.6) is 0 Å². The second kappa shape index (κ2) is 23.3. The van der Waals surface area contributed by atoms with Gasteiger partial charge in [0.15, 0.2) is 27.0 Å². The average molecular weight is 1140 g/mol. The molecule has 0 spiro atoms. The zero-order valence-corrected chi connectivity index (χ0v) is 47.9. The Morgan fingerprint density at radius 3 is 2.35 bits per heavy atom. The molecule has 4 aliphatic heterocycles. The normalized spacial score (nSPS) is 21.1. The number of carbonyl (C=O) groups excluding carboxylic acids is 4. The third kappa shape index (κ3) is 11.9. The summed E-state index contributed by atoms with van der Waals surface area (Å²) in [5.41, 5.74) is 4.02. The van der Waals surface area contributed by atoms with Crippen molar-refractivity contribution in [2.75, 3.05) is 36.5 Å². The van der Waals surface area contributed by atoms with Crippen LogP contribution in [0.25, 0.3) is 21.7 Å². The molecule has 5 atom stereocenters. The molecule has 1 fully saturated rings. The number of thiazole rings is 1. The van der Waals surface area contributed by atoms with Gasteiger partial charge in [-0.2, -0.15) is 0 Å². The Labute approximate surface area is 468 Å². The number of carbonyl (C=O) groups is 4. The van der Waals surface area contributed by atoms with Crippen molar-refractivity contribution in [1.82, 2.24) is 40.7 Å². The number of β-amino-alcohol motifs (C(OH)–C–C–N with tert-alkyl or cyclic N) is 1. The number of hydrogen-bond donors (Lipinski definition) is 5. The standard InChI is InChI=1S/C58H70F2N10O8S2/c1-33-49(79-32-64-33)34-17-19-35(20-18-34)58(5)56(76)66-51(67-58)43-27-37(71)29-70(43)55(75)50(57(2,3)4)65-44(72)16-14-12-10-8-9-11-13-15-23-62-53(73)45-39-30-69(52-41(60)26-36(59)28-63-52)42-21-24-61-48(46(39)42)47-38(22-25-68(6)54(47)74)40(45)31-80(7,77)78/h17-20,22,25-26,28,30,32,37,42-43,50,61,71H,8-16,21,23-24,27,29,31H2,1-7H3,(H,62,73)(H,65,72)(H,66,67,76)/t37-,42?,43+,50-,58+/m1/s1. The van der Waals surface area contributed by atoms with Gasteiger partial charge in [-0.15, -0.1) is 11.3 Å². The number of aliphatic imine (C=N–C) groups is 1. The van der Waals surface area contributed by atoms with Crippen molar-refractivity contribution in [3.05, 3.63) is 122 Å². The Kier molecular flexibility index (Phi) is 16.8. The van der Waals surface area contributed by atoms with Crippen LogP contribution in [0.4, 0.5) is 14.6 Å². The van der Waals surface area contributed by atoms with Crippen molar-refractivity contribution in [1.29, 1.82) is 0 Å². The fraction of sp³-hybridized carbons (Fsp3) is 0.483. The third-order valence-corrected chi connectivity index (χ3v) is 17.5. The molecule has 5 N–H and O–H groups in total. The zero-order chi connectivity index (χ0) is 57.4. The molecule has 18 nitrogen and oxygen atoms in total. The summed E-state index contributed by atoms with van der Waals surface area (Å²) in [6.45, 7) is 9.98. The first kappa shape index (κ1) is 57.8. The number of likely N-dealkylation sites (tertiary alicyclic amines) is 1. The van der Waals surface area contributed by atoms with E-state index in [-0.39, 0.29) is 66.2 Å². The Hall–Kier alpha value is -6.91. The van der Waals surface area contributed by atoms with E-state index in [4.69, 9.17) is 4.99 Å². The summed E-state index contributed by atoms with van der Waals surface area (Å²) < 4.78 is 57.1. The molecule has 0 saturated carbocycles. The van der Waals surface area contributed by atoms with Gasteiger partial charge in [-0.3, -0.25) is 24.0 Å². The van der Waals surface area contributed by atoms with Crippen LogP contribution in [0.2, 0.25) is 0 Å². The molecule has 1 aromatic carbocycles. The Morgan fingerprint density at radius 2 is 1.69 bits per heavy atom. The number of unbranched alkanes of at least 4 members (excludes halogenated alkanes) is 7. The molecule has 3 aromatic heterocycles. The summed E-state index contributed by atoms with van der Waals surface area (Å²) in [7, 11) is -2.20. The van der Waals surface area contributed by atoms with E-state index in [9.17, 15) is 41.9 Å². The monoisotopic (exact) mass is 1140 g/mol. The van der Waals surface area contributed by atoms with Crippen molar-refractivity contribution in [3.8, 4) is 10.4 Å². The van der Waals surface area contributed by atoms with Crippen LogP contribution in [-0.4, -0.2) is 118 Å². The van der Waals surface area contributed by atoms with E-state index < -0.39 is 73.9 Å². The lowest BCUT2D eigenvalue weighted by molar-refractivity contribution is -0.139. The summed E-state index contributed by atoms with van der Waals surface area (Å²) >= 11 is 1.54. The van der Waals surface area contributed by atoms with Gasteiger partial charge in [0.25, 0.3) is 17.4 Å². The fourth-order valence-corrected chi connectivity index (χ4v) is 13.1. The van der Waals surface area contributed by atoms with E-state index in [1.807, 2.05) is 52.0 Å². The van der Waals surface area contributed by atoms with Gasteiger partial charge < -0.3 is 40.7 Å². The van der Waals surface area contributed by atoms with Gasteiger partial charge in [0.05, 0.1) is 63.1 Å². The number of sulfone groups is 1. The van der Waals surface area contributed by atoms with Crippen LogP contribution in [0.3, 0.4) is 0 Å². The summed E-state index contributed by atoms with van der Waals surface area (Å²) in [6.07, 6.45) is 11.5. The summed E-state index contributed by atoms with van der Waals surface area (Å²) in [4.78, 5) is 87.3. The molecule has 22 heteroatoms. The van der Waals surface area contributed by atoms with Gasteiger partial charge in [0.2, 0.25) is 11.8 Å². The van der Waals surface area contributed by atoms with Gasteiger partial charge in [-0.1, -0.05) is 83.6 Å². The smallest absolute Gasteiger partial charge is 0.260 e. The lowest BCUT2D eigenvalue weighted by Crippen LogP contribution is -2.57. The molecule has 1 saturated heterocycles. The van der Waals surface area contributed by atoms with Gasteiger partial charge in [-0.05, 0) is 66.9 Å². The predicted octanol–water partition coefficient (Wildman–Crippen LogP) is 6.34. The number of aryl methyl sites for hydroxylation is 2. The first-order valence-electron chi connectivity index (χ1n) is 27.3. The van der Waals surface area contributed by atoms with Crippen molar-refractivity contribution < 1.29 is 41.5 Å². The predicted molar refractivity (Wildman–Crippen MR) is 304 cm³/mol. The largest absolute Gasteiger partial charge is 0.391 e. The third-order valence-electron chi connectivity index (χ3n) is 15.7. The molecule has 4 amide bonds. The second-order valence-electron chi connectivity index (χ2n) is 22.8. The molecule has 1 unspecified atom stereocenters. The van der Waals surface area contributed by atoms with Crippen LogP contribution >= 0.6 is 11.3 Å². The van der Waals surface area contributed by atoms with Crippen molar-refractivity contribution in [2.45, 2.75) is 135 Å². The molecule has 9 rings (SSSR count). The van der Waals surface area contributed by atoms with Crippen LogP contribution < -0.4 is 31.7 Å². The van der Waals surface area contributed by atoms with Gasteiger partial charge in [-0.25, -0.2) is 32.2 Å². The summed E-state index contributed by atoms with van der Waals surface area (Å²) in [6, 6.07) is 7.80. The van der Waals surface area contributed by atoms with E-state index in [0.717, 1.165) is 73.2 Å². The average Bonchev–Trinajstić information content (AvgIpc) is 4.17. The maximum atomic E-state index is 15.4. The number of amidine groups is 1. The number of anilines is 1. The van der Waals surface area contributed by atoms with Crippen molar-refractivity contribution in [3.63, 3.8) is 0 Å². The number of amides is 4. The van der Waals surface area contributed by atoms with Crippen LogP contribution in [0.1, 0.15) is 121 Å². The summed E-state index contributed by atoms with van der Waals surface area (Å²) in [5.74, 6) is -3.69. The highest BCUT2D eigenvalue weighted by molar-refractivity contribution is 7.91. The highest BCUT2D eigenvalue weighted by atomic mass is 32.2. The Balaban J connectivity index is 0.763. The number of rotatable bonds is 20. The maximum absolute atomic E-state index is 15.4. The number of aliphatic hydroxyl groups is 1. The first-order chi connectivity index (χ1) is 37.9. The molecule has 5 aliphatic rings. The van der Waals surface area contributed by atoms with E-state index in [0.29, 0.717) is 59.6 Å². The highest BCUT2D eigenvalue weighted by Crippen LogP contribution is 2.47. The van der Waals surface area contributed by atoms with Gasteiger partial charge in [0.1, 0.15) is 17.7 Å². The molecule has 4 aromatic rings. The Morgan fingerprint density at radius 1 is 0.988 bits per heavy atom. The van der Waals surface area contributed by atoms with Crippen molar-refractivity contribution >= 4 is 67.7 Å². The highest BCUT2D eigenvalue weighted by Gasteiger charge is 2.49. The maximum Gasteiger partial charge on any atom is 0.260 e. The topological polar surface area (TPSA) is 237 Å². The number of nitrogens with one attached hydrogen (secondary N) is 4. The molecule has 0 radical (unpaired) electrons. The van der Waals surface area contributed by atoms with E-state index >= 15 is 4.39 Å². The zero-order valence-electron chi connectivity index (χ0n) is 46.3. The van der Waals surface area contributed by atoms with E-state index in [2.05, 4.69) is 31.2 Å². The number of fused-ring (bicyclic) bond motifs is 2. The summed E-state index contributed by atoms with van der Waals surface area (Å²) in [5, 5.41) is 23.1. The molecule has 7 heterocycles. The minimum absolute atomic E-state index is 0.0275. The van der Waals surface area contributed by atoms with Crippen LogP contribution in [-0.2, 0) is 41.6 Å². The number of hydrogen-bond acceptors (Lipinski definition) is 14. The van der Waals surface area contributed by atoms with Crippen LogP contribution in [0, 0.1) is 24.0 Å². The number of pyridine rings is 2. The van der Waals surface area contributed by atoms with Gasteiger partial charge in [0, 0.05) is 75.4 Å². The fourth-order valence-electron chi connectivity index (χ4n) is 11.5. The minimum atomic E-state index is -3.78. The molecule has 0 bridgehead atoms.